The summed E-state index contributed by atoms with van der Waals surface area (Å²) in [6.07, 6.45) is 1.01. The van der Waals surface area contributed by atoms with Crippen LogP contribution in [0.3, 0.4) is 0 Å². The number of aliphatic hydroxyl groups is 2. The van der Waals surface area contributed by atoms with Crippen molar-refractivity contribution >= 4 is 11.6 Å². The van der Waals surface area contributed by atoms with E-state index in [-0.39, 0.29) is 28.9 Å². The zero-order valence-corrected chi connectivity index (χ0v) is 9.64. The summed E-state index contributed by atoms with van der Waals surface area (Å²) in [5.41, 5.74) is 0.752. The molecule has 4 heteroatoms. The second-order valence-corrected chi connectivity index (χ2v) is 4.73. The molecule has 0 spiro atoms. The summed E-state index contributed by atoms with van der Waals surface area (Å²) in [6, 6.07) is 6.51. The SMILES string of the molecule is O=C1C2=C(C(=O)c3ccccc31)C(O)(O)CCC2. The molecule has 1 aromatic rings. The first kappa shape index (κ1) is 11.3. The summed E-state index contributed by atoms with van der Waals surface area (Å²) in [4.78, 5) is 24.5. The number of carbonyl (C=O) groups excluding carboxylic acids is 2. The average molecular weight is 244 g/mol. The van der Waals surface area contributed by atoms with E-state index in [9.17, 15) is 19.8 Å². The van der Waals surface area contributed by atoms with Crippen molar-refractivity contribution in [1.82, 2.24) is 0 Å². The summed E-state index contributed by atoms with van der Waals surface area (Å²) in [7, 11) is 0. The maximum atomic E-state index is 12.3. The number of allylic oxidation sites excluding steroid dienone is 1. The van der Waals surface area contributed by atoms with E-state index in [2.05, 4.69) is 0 Å². The van der Waals surface area contributed by atoms with Crippen LogP contribution in [0.25, 0.3) is 0 Å². The van der Waals surface area contributed by atoms with Gasteiger partial charge in [-0.2, -0.15) is 0 Å². The Labute approximate surface area is 104 Å². The molecule has 0 amide bonds. The fourth-order valence-corrected chi connectivity index (χ4v) is 2.73. The van der Waals surface area contributed by atoms with Crippen LogP contribution >= 0.6 is 0 Å². The molecule has 4 nitrogen and oxygen atoms in total. The molecule has 18 heavy (non-hydrogen) atoms. The first-order chi connectivity index (χ1) is 8.52. The van der Waals surface area contributed by atoms with Gasteiger partial charge in [-0.1, -0.05) is 24.3 Å². The fraction of sp³-hybridized carbons (Fsp3) is 0.286. The monoisotopic (exact) mass is 244 g/mol. The van der Waals surface area contributed by atoms with Crippen LogP contribution in [-0.4, -0.2) is 27.6 Å². The Morgan fingerprint density at radius 2 is 1.61 bits per heavy atom. The minimum absolute atomic E-state index is 0.0903. The van der Waals surface area contributed by atoms with Crippen molar-refractivity contribution in [3.63, 3.8) is 0 Å². The number of rotatable bonds is 0. The Morgan fingerprint density at radius 3 is 2.28 bits per heavy atom. The Balaban J connectivity index is 2.27. The number of hydrogen-bond donors (Lipinski definition) is 2. The molecule has 0 fully saturated rings. The maximum absolute atomic E-state index is 12.3. The van der Waals surface area contributed by atoms with Crippen LogP contribution in [0.5, 0.6) is 0 Å². The number of carbonyl (C=O) groups is 2. The van der Waals surface area contributed by atoms with Crippen molar-refractivity contribution in [2.24, 2.45) is 0 Å². The van der Waals surface area contributed by atoms with Gasteiger partial charge in [0, 0.05) is 23.1 Å². The third-order valence-corrected chi connectivity index (χ3v) is 3.57. The van der Waals surface area contributed by atoms with Crippen LogP contribution in [0.15, 0.2) is 35.4 Å². The summed E-state index contributed by atoms with van der Waals surface area (Å²) >= 11 is 0. The second kappa shape index (κ2) is 3.60. The largest absolute Gasteiger partial charge is 0.362 e. The normalized spacial score (nSPS) is 21.7. The molecule has 0 atom stereocenters. The quantitative estimate of drug-likeness (QED) is 0.673. The summed E-state index contributed by atoms with van der Waals surface area (Å²) in [6.45, 7) is 0. The lowest BCUT2D eigenvalue weighted by molar-refractivity contribution is -0.134. The van der Waals surface area contributed by atoms with E-state index in [1.807, 2.05) is 0 Å². The van der Waals surface area contributed by atoms with E-state index in [0.717, 1.165) is 0 Å². The minimum Gasteiger partial charge on any atom is -0.362 e. The zero-order chi connectivity index (χ0) is 12.9. The highest BCUT2D eigenvalue weighted by Gasteiger charge is 2.44. The predicted molar refractivity (Wildman–Crippen MR) is 63.1 cm³/mol. The lowest BCUT2D eigenvalue weighted by atomic mass is 9.74. The molecule has 1 aromatic carbocycles. The first-order valence-corrected chi connectivity index (χ1v) is 5.89. The molecular formula is C14H12O4. The molecule has 2 aliphatic carbocycles. The van der Waals surface area contributed by atoms with Crippen LogP contribution in [0, 0.1) is 0 Å². The van der Waals surface area contributed by atoms with Crippen molar-refractivity contribution < 1.29 is 19.8 Å². The molecule has 0 aliphatic heterocycles. The van der Waals surface area contributed by atoms with Crippen LogP contribution < -0.4 is 0 Å². The third kappa shape index (κ3) is 1.39. The van der Waals surface area contributed by atoms with Crippen LogP contribution in [0.4, 0.5) is 0 Å². The van der Waals surface area contributed by atoms with Gasteiger partial charge in [0.05, 0.1) is 5.57 Å². The highest BCUT2D eigenvalue weighted by atomic mass is 16.5. The van der Waals surface area contributed by atoms with Gasteiger partial charge in [0.2, 0.25) is 0 Å². The van der Waals surface area contributed by atoms with E-state index in [0.29, 0.717) is 18.4 Å². The summed E-state index contributed by atoms with van der Waals surface area (Å²) in [5, 5.41) is 19.8. The van der Waals surface area contributed by atoms with Crippen molar-refractivity contribution in [2.75, 3.05) is 0 Å². The van der Waals surface area contributed by atoms with E-state index >= 15 is 0 Å². The van der Waals surface area contributed by atoms with Crippen molar-refractivity contribution in [1.29, 1.82) is 0 Å². The molecule has 0 radical (unpaired) electrons. The van der Waals surface area contributed by atoms with Gasteiger partial charge in [-0.15, -0.1) is 0 Å². The summed E-state index contributed by atoms with van der Waals surface area (Å²) < 4.78 is 0. The van der Waals surface area contributed by atoms with Gasteiger partial charge in [0.25, 0.3) is 0 Å². The average Bonchev–Trinajstić information content (AvgIpc) is 2.35. The molecule has 0 heterocycles. The Kier molecular flexibility index (Phi) is 2.27. The fourth-order valence-electron chi connectivity index (χ4n) is 2.73. The maximum Gasteiger partial charge on any atom is 0.195 e. The van der Waals surface area contributed by atoms with Gasteiger partial charge in [-0.25, -0.2) is 0 Å². The van der Waals surface area contributed by atoms with Crippen LogP contribution in [0.2, 0.25) is 0 Å². The zero-order valence-electron chi connectivity index (χ0n) is 9.64. The van der Waals surface area contributed by atoms with Crippen LogP contribution in [-0.2, 0) is 0 Å². The van der Waals surface area contributed by atoms with Gasteiger partial charge in [-0.3, -0.25) is 9.59 Å². The molecule has 2 N–H and O–H groups in total. The number of hydrogen-bond acceptors (Lipinski definition) is 4. The van der Waals surface area contributed by atoms with Crippen molar-refractivity contribution in [3.05, 3.63) is 46.5 Å². The lowest BCUT2D eigenvalue weighted by Gasteiger charge is -2.33. The molecule has 3 rings (SSSR count). The molecule has 2 aliphatic rings. The minimum atomic E-state index is -2.17. The molecule has 0 unspecified atom stereocenters. The summed E-state index contributed by atoms with van der Waals surface area (Å²) in [5.74, 6) is -2.87. The molecule has 92 valence electrons. The molecule has 0 saturated heterocycles. The number of Topliss-reactive ketones (excluding diaryl/α,β-unsaturated/α-hetero) is 2. The molecular weight excluding hydrogens is 232 g/mol. The van der Waals surface area contributed by atoms with E-state index in [1.165, 1.54) is 0 Å². The first-order valence-electron chi connectivity index (χ1n) is 5.89. The van der Waals surface area contributed by atoms with Crippen molar-refractivity contribution in [2.45, 2.75) is 25.0 Å². The van der Waals surface area contributed by atoms with Gasteiger partial charge < -0.3 is 10.2 Å². The van der Waals surface area contributed by atoms with Gasteiger partial charge >= 0.3 is 0 Å². The topological polar surface area (TPSA) is 74.6 Å². The second-order valence-electron chi connectivity index (χ2n) is 4.73. The Hall–Kier alpha value is -1.78. The van der Waals surface area contributed by atoms with Gasteiger partial charge in [-0.05, 0) is 12.8 Å². The predicted octanol–water partition coefficient (Wildman–Crippen LogP) is 1.23. The molecule has 0 aromatic heterocycles. The Morgan fingerprint density at radius 1 is 1.00 bits per heavy atom. The van der Waals surface area contributed by atoms with E-state index < -0.39 is 11.6 Å². The number of benzene rings is 1. The van der Waals surface area contributed by atoms with Crippen LogP contribution in [0.1, 0.15) is 40.0 Å². The highest BCUT2D eigenvalue weighted by molar-refractivity contribution is 6.27. The van der Waals surface area contributed by atoms with E-state index in [1.54, 1.807) is 24.3 Å². The highest BCUT2D eigenvalue weighted by Crippen LogP contribution is 2.39. The molecule has 0 bridgehead atoms. The van der Waals surface area contributed by atoms with Gasteiger partial charge in [0.15, 0.2) is 17.4 Å². The standard InChI is InChI=1S/C14H12O4/c15-12-8-4-1-2-5-9(8)13(16)11-10(12)6-3-7-14(11,17)18/h1-2,4-5,17-18H,3,6-7H2. The van der Waals surface area contributed by atoms with Crippen molar-refractivity contribution in [3.8, 4) is 0 Å². The van der Waals surface area contributed by atoms with E-state index in [4.69, 9.17) is 0 Å². The molecule has 0 saturated carbocycles. The smallest absolute Gasteiger partial charge is 0.195 e. The third-order valence-electron chi connectivity index (χ3n) is 3.57. The lowest BCUT2D eigenvalue weighted by Crippen LogP contribution is -2.41. The number of fused-ring (bicyclic) bond motifs is 1. The van der Waals surface area contributed by atoms with Gasteiger partial charge in [0.1, 0.15) is 0 Å². The Bertz CT molecular complexity index is 596. The number of ketones is 2.